The molecule has 0 spiro atoms. The number of ketones is 1. The van der Waals surface area contributed by atoms with E-state index in [-0.39, 0.29) is 11.8 Å². The van der Waals surface area contributed by atoms with Crippen LogP contribution in [0.1, 0.15) is 13.8 Å². The van der Waals surface area contributed by atoms with Gasteiger partial charge in [-0.1, -0.05) is 13.8 Å². The summed E-state index contributed by atoms with van der Waals surface area (Å²) >= 11 is 0. The van der Waals surface area contributed by atoms with E-state index in [1.165, 1.54) is 0 Å². The Morgan fingerprint density at radius 2 is 1.36 bits per heavy atom. The molecule has 0 bridgehead atoms. The number of hydrogen-bond acceptors (Lipinski definition) is 3. The highest BCUT2D eigenvalue weighted by Crippen LogP contribution is 2.09. The van der Waals surface area contributed by atoms with E-state index < -0.39 is 0 Å². The van der Waals surface area contributed by atoms with Gasteiger partial charge in [-0.3, -0.25) is 4.79 Å². The van der Waals surface area contributed by atoms with Gasteiger partial charge in [0.15, 0.2) is 0 Å². The lowest BCUT2D eigenvalue weighted by molar-refractivity contribution is -0.126. The highest BCUT2D eigenvalue weighted by molar-refractivity contribution is 5.83. The van der Waals surface area contributed by atoms with Crippen molar-refractivity contribution in [3.05, 3.63) is 0 Å². The maximum atomic E-state index is 11.9. The molecule has 3 nitrogen and oxygen atoms in total. The van der Waals surface area contributed by atoms with Crippen LogP contribution < -0.4 is 0 Å². The fourth-order valence-corrected chi connectivity index (χ4v) is 1.59. The standard InChI is InChI=1S/C11H24N2O/c1-9(2)11(14)10(7-12(3)4)8-13(5)6/h9-10H,7-8H2,1-6H3. The summed E-state index contributed by atoms with van der Waals surface area (Å²) in [6, 6.07) is 0. The highest BCUT2D eigenvalue weighted by Gasteiger charge is 2.22. The maximum Gasteiger partial charge on any atom is 0.141 e. The van der Waals surface area contributed by atoms with E-state index >= 15 is 0 Å². The van der Waals surface area contributed by atoms with E-state index in [1.54, 1.807) is 0 Å². The third-order valence-electron chi connectivity index (χ3n) is 2.14. The molecule has 0 N–H and O–H groups in total. The van der Waals surface area contributed by atoms with Gasteiger partial charge in [-0.15, -0.1) is 0 Å². The van der Waals surface area contributed by atoms with Crippen LogP contribution in [-0.2, 0) is 4.79 Å². The normalized spacial score (nSPS) is 12.1. The summed E-state index contributed by atoms with van der Waals surface area (Å²) < 4.78 is 0. The van der Waals surface area contributed by atoms with Crippen LogP contribution >= 0.6 is 0 Å². The van der Waals surface area contributed by atoms with Crippen LogP contribution in [0.3, 0.4) is 0 Å². The molecule has 0 aliphatic carbocycles. The van der Waals surface area contributed by atoms with E-state index in [2.05, 4.69) is 9.80 Å². The summed E-state index contributed by atoms with van der Waals surface area (Å²) in [6.07, 6.45) is 0. The van der Waals surface area contributed by atoms with Gasteiger partial charge in [0.1, 0.15) is 5.78 Å². The zero-order valence-corrected chi connectivity index (χ0v) is 10.4. The summed E-state index contributed by atoms with van der Waals surface area (Å²) in [7, 11) is 8.04. The number of Topliss-reactive ketones (excluding diaryl/α,β-unsaturated/α-hetero) is 1. The molecule has 0 aromatic carbocycles. The van der Waals surface area contributed by atoms with Crippen molar-refractivity contribution in [2.75, 3.05) is 41.3 Å². The molecule has 0 aliphatic rings. The average molecular weight is 200 g/mol. The van der Waals surface area contributed by atoms with Gasteiger partial charge in [0, 0.05) is 24.9 Å². The number of hydrogen-bond donors (Lipinski definition) is 0. The molecule has 0 radical (unpaired) electrons. The molecule has 0 aromatic rings. The van der Waals surface area contributed by atoms with Crippen LogP contribution in [0.2, 0.25) is 0 Å². The lowest BCUT2D eigenvalue weighted by Gasteiger charge is -2.24. The van der Waals surface area contributed by atoms with Crippen molar-refractivity contribution in [2.24, 2.45) is 11.8 Å². The van der Waals surface area contributed by atoms with Gasteiger partial charge >= 0.3 is 0 Å². The first-order chi connectivity index (χ1) is 6.34. The van der Waals surface area contributed by atoms with Gasteiger partial charge in [0.05, 0.1) is 0 Å². The fourth-order valence-electron chi connectivity index (χ4n) is 1.59. The molecule has 0 fully saturated rings. The average Bonchev–Trinajstić information content (AvgIpc) is 1.99. The van der Waals surface area contributed by atoms with Gasteiger partial charge < -0.3 is 9.80 Å². The number of rotatable bonds is 6. The third-order valence-corrected chi connectivity index (χ3v) is 2.14. The summed E-state index contributed by atoms with van der Waals surface area (Å²) in [6.45, 7) is 5.63. The number of carbonyl (C=O) groups excluding carboxylic acids is 1. The molecule has 0 aliphatic heterocycles. The molecule has 0 saturated heterocycles. The molecule has 84 valence electrons. The molecule has 3 heteroatoms. The van der Waals surface area contributed by atoms with Gasteiger partial charge in [-0.2, -0.15) is 0 Å². The second-order valence-electron chi connectivity index (χ2n) is 4.78. The van der Waals surface area contributed by atoms with Gasteiger partial charge in [-0.25, -0.2) is 0 Å². The molecule has 0 atom stereocenters. The summed E-state index contributed by atoms with van der Waals surface area (Å²) in [4.78, 5) is 16.0. The first kappa shape index (κ1) is 13.6. The predicted molar refractivity (Wildman–Crippen MR) is 60.4 cm³/mol. The summed E-state index contributed by atoms with van der Waals surface area (Å²) in [5.74, 6) is 0.646. The van der Waals surface area contributed by atoms with Gasteiger partial charge in [-0.05, 0) is 28.2 Å². The van der Waals surface area contributed by atoms with Crippen molar-refractivity contribution in [3.8, 4) is 0 Å². The molecule has 0 heterocycles. The summed E-state index contributed by atoms with van der Waals surface area (Å²) in [5, 5.41) is 0. The first-order valence-corrected chi connectivity index (χ1v) is 5.17. The Kier molecular flexibility index (Phi) is 5.96. The quantitative estimate of drug-likeness (QED) is 0.638. The lowest BCUT2D eigenvalue weighted by atomic mass is 9.94. The Morgan fingerprint density at radius 3 is 1.57 bits per heavy atom. The van der Waals surface area contributed by atoms with Crippen molar-refractivity contribution >= 4 is 5.78 Å². The Hall–Kier alpha value is -0.410. The Bertz CT molecular complexity index is 166. The smallest absolute Gasteiger partial charge is 0.141 e. The van der Waals surface area contributed by atoms with Gasteiger partial charge in [0.25, 0.3) is 0 Å². The van der Waals surface area contributed by atoms with Crippen molar-refractivity contribution in [3.63, 3.8) is 0 Å². The van der Waals surface area contributed by atoms with Crippen LogP contribution in [0, 0.1) is 11.8 Å². The largest absolute Gasteiger partial charge is 0.309 e. The van der Waals surface area contributed by atoms with E-state index in [4.69, 9.17) is 0 Å². The zero-order valence-electron chi connectivity index (χ0n) is 10.4. The minimum absolute atomic E-state index is 0.139. The highest BCUT2D eigenvalue weighted by atomic mass is 16.1. The molecule has 0 unspecified atom stereocenters. The molecule has 0 amide bonds. The van der Waals surface area contributed by atoms with E-state index in [0.717, 1.165) is 13.1 Å². The predicted octanol–water partition coefficient (Wildman–Crippen LogP) is 0.951. The SMILES string of the molecule is CC(C)C(=O)C(CN(C)C)CN(C)C. The van der Waals surface area contributed by atoms with E-state index in [9.17, 15) is 4.79 Å². The van der Waals surface area contributed by atoms with Crippen molar-refractivity contribution in [2.45, 2.75) is 13.8 Å². The first-order valence-electron chi connectivity index (χ1n) is 5.17. The zero-order chi connectivity index (χ0) is 11.3. The molecule has 0 aromatic heterocycles. The topological polar surface area (TPSA) is 23.6 Å². The third kappa shape index (κ3) is 5.35. The van der Waals surface area contributed by atoms with Crippen molar-refractivity contribution < 1.29 is 4.79 Å². The molecule has 14 heavy (non-hydrogen) atoms. The van der Waals surface area contributed by atoms with Crippen LogP contribution in [0.15, 0.2) is 0 Å². The van der Waals surface area contributed by atoms with Crippen LogP contribution in [0.5, 0.6) is 0 Å². The Labute approximate surface area is 88.1 Å². The fraction of sp³-hybridized carbons (Fsp3) is 0.909. The van der Waals surface area contributed by atoms with E-state index in [0.29, 0.717) is 5.78 Å². The second kappa shape index (κ2) is 6.14. The second-order valence-corrected chi connectivity index (χ2v) is 4.78. The number of nitrogens with zero attached hydrogens (tertiary/aromatic N) is 2. The molecule has 0 rings (SSSR count). The van der Waals surface area contributed by atoms with E-state index in [1.807, 2.05) is 42.0 Å². The lowest BCUT2D eigenvalue weighted by Crippen LogP contribution is -2.37. The molecular formula is C11H24N2O. The summed E-state index contributed by atoms with van der Waals surface area (Å²) in [5.41, 5.74) is 0. The molecule has 0 saturated carbocycles. The van der Waals surface area contributed by atoms with Crippen molar-refractivity contribution in [1.82, 2.24) is 9.80 Å². The Morgan fingerprint density at radius 1 is 1.00 bits per heavy atom. The monoisotopic (exact) mass is 200 g/mol. The minimum Gasteiger partial charge on any atom is -0.309 e. The minimum atomic E-state index is 0.139. The van der Waals surface area contributed by atoms with Crippen LogP contribution in [0.25, 0.3) is 0 Å². The van der Waals surface area contributed by atoms with Gasteiger partial charge in [0.2, 0.25) is 0 Å². The van der Waals surface area contributed by atoms with Crippen LogP contribution in [-0.4, -0.2) is 56.9 Å². The maximum absolute atomic E-state index is 11.9. The number of carbonyl (C=O) groups is 1. The Balaban J connectivity index is 4.31. The van der Waals surface area contributed by atoms with Crippen molar-refractivity contribution in [1.29, 1.82) is 0 Å². The van der Waals surface area contributed by atoms with Crippen LogP contribution in [0.4, 0.5) is 0 Å². The molecular weight excluding hydrogens is 176 g/mol.